The summed E-state index contributed by atoms with van der Waals surface area (Å²) in [7, 11) is 0. The van der Waals surface area contributed by atoms with Crippen molar-refractivity contribution in [2.75, 3.05) is 16.8 Å². The second-order valence-corrected chi connectivity index (χ2v) is 9.43. The van der Waals surface area contributed by atoms with Gasteiger partial charge in [0.05, 0.1) is 11.6 Å². The van der Waals surface area contributed by atoms with Crippen LogP contribution in [-0.2, 0) is 14.3 Å². The predicted molar refractivity (Wildman–Crippen MR) is 116 cm³/mol. The van der Waals surface area contributed by atoms with E-state index in [-0.39, 0.29) is 30.6 Å². The SMILES string of the molecule is CC(C)(C)OC(=O)n1nc(C2CC2)cc1NC(=O)[C@H]1CC(=O)N(c2cccc(Cl)c2)C1. The predicted octanol–water partition coefficient (Wildman–Crippen LogP) is 4.19. The summed E-state index contributed by atoms with van der Waals surface area (Å²) in [6, 6.07) is 8.68. The molecule has 2 heterocycles. The van der Waals surface area contributed by atoms with Crippen molar-refractivity contribution < 1.29 is 19.1 Å². The number of halogens is 1. The standard InChI is InChI=1S/C22H25ClN4O4/c1-22(2,3)31-21(30)27-18(11-17(25-27)13-7-8-13)24-20(29)14-9-19(28)26(12-14)16-6-4-5-15(23)10-16/h4-6,10-11,13-14H,7-9,12H2,1-3H3,(H,24,29)/t14-/m0/s1. The Labute approximate surface area is 185 Å². The fourth-order valence-electron chi connectivity index (χ4n) is 3.52. The maximum absolute atomic E-state index is 12.9. The van der Waals surface area contributed by atoms with Crippen LogP contribution in [0.4, 0.5) is 16.3 Å². The van der Waals surface area contributed by atoms with Gasteiger partial charge < -0.3 is 15.0 Å². The highest BCUT2D eigenvalue weighted by Gasteiger charge is 2.36. The average Bonchev–Trinajstić information content (AvgIpc) is 3.32. The molecule has 0 unspecified atom stereocenters. The third-order valence-corrected chi connectivity index (χ3v) is 5.39. The zero-order valence-electron chi connectivity index (χ0n) is 17.7. The van der Waals surface area contributed by atoms with Crippen molar-refractivity contribution in [1.82, 2.24) is 9.78 Å². The summed E-state index contributed by atoms with van der Waals surface area (Å²) in [5, 5.41) is 7.66. The van der Waals surface area contributed by atoms with Crippen LogP contribution < -0.4 is 10.2 Å². The zero-order valence-corrected chi connectivity index (χ0v) is 18.5. The molecule has 164 valence electrons. The molecule has 4 rings (SSSR count). The van der Waals surface area contributed by atoms with Crippen molar-refractivity contribution >= 4 is 41.0 Å². The molecule has 1 saturated carbocycles. The number of nitrogens with one attached hydrogen (secondary N) is 1. The van der Waals surface area contributed by atoms with E-state index in [1.54, 1.807) is 56.0 Å². The second kappa shape index (κ2) is 8.00. The summed E-state index contributed by atoms with van der Waals surface area (Å²) < 4.78 is 6.52. The van der Waals surface area contributed by atoms with Crippen LogP contribution in [0, 0.1) is 5.92 Å². The Bertz CT molecular complexity index is 1040. The van der Waals surface area contributed by atoms with E-state index < -0.39 is 17.6 Å². The molecule has 1 aliphatic carbocycles. The van der Waals surface area contributed by atoms with E-state index in [9.17, 15) is 14.4 Å². The average molecular weight is 445 g/mol. The van der Waals surface area contributed by atoms with Gasteiger partial charge in [0.25, 0.3) is 0 Å². The molecule has 1 aromatic carbocycles. The molecule has 2 aromatic rings. The van der Waals surface area contributed by atoms with Crippen LogP contribution in [0.3, 0.4) is 0 Å². The van der Waals surface area contributed by atoms with Gasteiger partial charge in [0.15, 0.2) is 0 Å². The van der Waals surface area contributed by atoms with Gasteiger partial charge in [-0.15, -0.1) is 4.68 Å². The molecular formula is C22H25ClN4O4. The van der Waals surface area contributed by atoms with Gasteiger partial charge in [-0.3, -0.25) is 9.59 Å². The topological polar surface area (TPSA) is 93.5 Å². The van der Waals surface area contributed by atoms with Crippen molar-refractivity contribution in [3.8, 4) is 0 Å². The van der Waals surface area contributed by atoms with Crippen LogP contribution in [0.25, 0.3) is 0 Å². The van der Waals surface area contributed by atoms with Gasteiger partial charge in [0.1, 0.15) is 11.4 Å². The fourth-order valence-corrected chi connectivity index (χ4v) is 3.70. The number of hydrogen-bond donors (Lipinski definition) is 1. The molecule has 1 N–H and O–H groups in total. The molecule has 0 spiro atoms. The quantitative estimate of drug-likeness (QED) is 0.763. The van der Waals surface area contributed by atoms with Crippen molar-refractivity contribution in [2.45, 2.75) is 51.6 Å². The van der Waals surface area contributed by atoms with Crippen LogP contribution in [-0.4, -0.2) is 39.8 Å². The van der Waals surface area contributed by atoms with Gasteiger partial charge in [0.2, 0.25) is 11.8 Å². The summed E-state index contributed by atoms with van der Waals surface area (Å²) in [6.45, 7) is 5.54. The maximum atomic E-state index is 12.9. The lowest BCUT2D eigenvalue weighted by Gasteiger charge is -2.20. The molecule has 1 atom stereocenters. The maximum Gasteiger partial charge on any atom is 0.437 e. The van der Waals surface area contributed by atoms with Crippen molar-refractivity contribution in [3.05, 3.63) is 41.0 Å². The minimum absolute atomic E-state index is 0.0778. The number of ether oxygens (including phenoxy) is 1. The Kier molecular flexibility index (Phi) is 5.51. The number of benzene rings is 1. The first-order chi connectivity index (χ1) is 14.6. The minimum atomic E-state index is -0.695. The number of aromatic nitrogens is 2. The molecule has 31 heavy (non-hydrogen) atoms. The largest absolute Gasteiger partial charge is 0.442 e. The van der Waals surface area contributed by atoms with Gasteiger partial charge >= 0.3 is 6.09 Å². The van der Waals surface area contributed by atoms with Crippen LogP contribution >= 0.6 is 11.6 Å². The lowest BCUT2D eigenvalue weighted by Crippen LogP contribution is -2.31. The molecule has 1 aromatic heterocycles. The van der Waals surface area contributed by atoms with Crippen molar-refractivity contribution in [3.63, 3.8) is 0 Å². The van der Waals surface area contributed by atoms with E-state index in [1.165, 1.54) is 0 Å². The van der Waals surface area contributed by atoms with Gasteiger partial charge in [-0.1, -0.05) is 17.7 Å². The smallest absolute Gasteiger partial charge is 0.437 e. The number of anilines is 2. The molecule has 1 saturated heterocycles. The number of hydrogen-bond acceptors (Lipinski definition) is 5. The third-order valence-electron chi connectivity index (χ3n) is 5.16. The van der Waals surface area contributed by atoms with E-state index in [4.69, 9.17) is 16.3 Å². The molecular weight excluding hydrogens is 420 g/mol. The summed E-state index contributed by atoms with van der Waals surface area (Å²) in [5.74, 6) is -0.495. The first-order valence-corrected chi connectivity index (χ1v) is 10.7. The molecule has 2 amide bonds. The Morgan fingerprint density at radius 2 is 1.97 bits per heavy atom. The number of amides is 2. The third kappa shape index (κ3) is 4.90. The van der Waals surface area contributed by atoms with Crippen LogP contribution in [0.5, 0.6) is 0 Å². The van der Waals surface area contributed by atoms with Gasteiger partial charge in [-0.05, 0) is 51.8 Å². The number of carbonyl (C=O) groups is 3. The Hall–Kier alpha value is -2.87. The summed E-state index contributed by atoms with van der Waals surface area (Å²) in [5.41, 5.74) is 0.714. The molecule has 8 nitrogen and oxygen atoms in total. The molecule has 2 aliphatic rings. The highest BCUT2D eigenvalue weighted by atomic mass is 35.5. The summed E-state index contributed by atoms with van der Waals surface area (Å²) >= 11 is 6.03. The molecule has 0 radical (unpaired) electrons. The number of nitrogens with zero attached hydrogens (tertiary/aromatic N) is 3. The summed E-state index contributed by atoms with van der Waals surface area (Å²) in [6.07, 6.45) is 1.43. The first kappa shape index (κ1) is 21.4. The van der Waals surface area contributed by atoms with Crippen molar-refractivity contribution in [1.29, 1.82) is 0 Å². The van der Waals surface area contributed by atoms with Crippen LogP contribution in [0.2, 0.25) is 5.02 Å². The monoisotopic (exact) mass is 444 g/mol. The van der Waals surface area contributed by atoms with E-state index in [2.05, 4.69) is 10.4 Å². The minimum Gasteiger partial charge on any atom is -0.442 e. The highest BCUT2D eigenvalue weighted by Crippen LogP contribution is 2.40. The number of carbonyl (C=O) groups excluding carboxylic acids is 3. The lowest BCUT2D eigenvalue weighted by molar-refractivity contribution is -0.122. The van der Waals surface area contributed by atoms with E-state index in [1.807, 2.05) is 0 Å². The van der Waals surface area contributed by atoms with Gasteiger partial charge in [-0.25, -0.2) is 4.79 Å². The van der Waals surface area contributed by atoms with Gasteiger partial charge in [-0.2, -0.15) is 5.10 Å². The Morgan fingerprint density at radius 3 is 2.61 bits per heavy atom. The van der Waals surface area contributed by atoms with Gasteiger partial charge in [0, 0.05) is 35.7 Å². The first-order valence-electron chi connectivity index (χ1n) is 10.3. The fraction of sp³-hybridized carbons (Fsp3) is 0.455. The van der Waals surface area contributed by atoms with Crippen molar-refractivity contribution in [2.24, 2.45) is 5.92 Å². The lowest BCUT2D eigenvalue weighted by atomic mass is 10.1. The Balaban J connectivity index is 1.50. The van der Waals surface area contributed by atoms with Crippen LogP contribution in [0.1, 0.15) is 51.6 Å². The highest BCUT2D eigenvalue weighted by molar-refractivity contribution is 6.31. The number of rotatable bonds is 4. The summed E-state index contributed by atoms with van der Waals surface area (Å²) in [4.78, 5) is 39.6. The van der Waals surface area contributed by atoms with E-state index in [0.29, 0.717) is 16.6 Å². The zero-order chi connectivity index (χ0) is 22.3. The molecule has 9 heteroatoms. The molecule has 0 bridgehead atoms. The van der Waals surface area contributed by atoms with E-state index in [0.717, 1.165) is 23.2 Å². The second-order valence-electron chi connectivity index (χ2n) is 9.00. The van der Waals surface area contributed by atoms with E-state index >= 15 is 0 Å². The molecule has 2 fully saturated rings. The normalized spacial score (nSPS) is 18.9. The van der Waals surface area contributed by atoms with Crippen LogP contribution in [0.15, 0.2) is 30.3 Å². The molecule has 1 aliphatic heterocycles. The Morgan fingerprint density at radius 1 is 1.23 bits per heavy atom.